The van der Waals surface area contributed by atoms with Gasteiger partial charge in [0.1, 0.15) is 5.78 Å². The Balaban J connectivity index is 1.81. The number of rotatable bonds is 4. The van der Waals surface area contributed by atoms with Gasteiger partial charge in [0, 0.05) is 39.5 Å². The first-order valence-corrected chi connectivity index (χ1v) is 6.67. The highest BCUT2D eigenvalue weighted by molar-refractivity contribution is 5.81. The number of Topliss-reactive ketones (excluding diaryl/α,β-unsaturated/α-hetero) is 1. The molecule has 1 aliphatic rings. The predicted molar refractivity (Wildman–Crippen MR) is 73.6 cm³/mol. The van der Waals surface area contributed by atoms with Crippen LogP contribution in [0.25, 0.3) is 0 Å². The van der Waals surface area contributed by atoms with Crippen LogP contribution in [0.3, 0.4) is 0 Å². The highest BCUT2D eigenvalue weighted by Crippen LogP contribution is 2.07. The summed E-state index contributed by atoms with van der Waals surface area (Å²) < 4.78 is 0. The van der Waals surface area contributed by atoms with Gasteiger partial charge in [-0.2, -0.15) is 0 Å². The molecule has 102 valence electrons. The topological polar surface area (TPSA) is 40.6 Å². The number of hydrogen-bond acceptors (Lipinski definition) is 3. The van der Waals surface area contributed by atoms with Gasteiger partial charge < -0.3 is 4.90 Å². The lowest BCUT2D eigenvalue weighted by atomic mass is 10.1. The molecule has 0 N–H and O–H groups in total. The number of ketones is 1. The molecule has 1 saturated heterocycles. The van der Waals surface area contributed by atoms with E-state index in [1.807, 2.05) is 37.4 Å². The van der Waals surface area contributed by atoms with Crippen LogP contribution in [-0.2, 0) is 16.1 Å². The van der Waals surface area contributed by atoms with Crippen molar-refractivity contribution in [3.63, 3.8) is 0 Å². The van der Waals surface area contributed by atoms with Crippen LogP contribution in [0.5, 0.6) is 0 Å². The third-order valence-corrected chi connectivity index (χ3v) is 3.46. The molecule has 4 heteroatoms. The predicted octanol–water partition coefficient (Wildman–Crippen LogP) is 1.31. The summed E-state index contributed by atoms with van der Waals surface area (Å²) in [5.41, 5.74) is 1.13. The lowest BCUT2D eigenvalue weighted by Gasteiger charge is -2.27. The first-order chi connectivity index (χ1) is 9.15. The molecule has 1 fully saturated rings. The number of carbonyl (C=O) groups excluding carboxylic acids is 2. The van der Waals surface area contributed by atoms with Crippen molar-refractivity contribution in [2.45, 2.75) is 19.4 Å². The fourth-order valence-corrected chi connectivity index (χ4v) is 2.22. The second-order valence-corrected chi connectivity index (χ2v) is 5.05. The van der Waals surface area contributed by atoms with E-state index in [-0.39, 0.29) is 5.91 Å². The smallest absolute Gasteiger partial charge is 0.236 e. The Hall–Kier alpha value is -1.68. The Kier molecular flexibility index (Phi) is 4.68. The van der Waals surface area contributed by atoms with E-state index < -0.39 is 0 Å². The molecular formula is C15H20N2O2. The first-order valence-electron chi connectivity index (χ1n) is 6.67. The number of amides is 1. The zero-order valence-corrected chi connectivity index (χ0v) is 11.3. The molecule has 0 bridgehead atoms. The minimum Gasteiger partial charge on any atom is -0.340 e. The SMILES string of the molecule is CN(Cc1ccccc1)C(=O)CN1CCC(=O)CC1. The van der Waals surface area contributed by atoms with Crippen molar-refractivity contribution in [1.82, 2.24) is 9.80 Å². The van der Waals surface area contributed by atoms with Crippen molar-refractivity contribution >= 4 is 11.7 Å². The second kappa shape index (κ2) is 6.48. The Labute approximate surface area is 114 Å². The highest BCUT2D eigenvalue weighted by Gasteiger charge is 2.19. The third-order valence-electron chi connectivity index (χ3n) is 3.46. The van der Waals surface area contributed by atoms with Gasteiger partial charge in [-0.3, -0.25) is 14.5 Å². The summed E-state index contributed by atoms with van der Waals surface area (Å²) >= 11 is 0. The van der Waals surface area contributed by atoms with E-state index in [9.17, 15) is 9.59 Å². The average Bonchev–Trinajstić information content (AvgIpc) is 2.42. The maximum absolute atomic E-state index is 12.1. The van der Waals surface area contributed by atoms with Crippen molar-refractivity contribution in [2.24, 2.45) is 0 Å². The zero-order chi connectivity index (χ0) is 13.7. The van der Waals surface area contributed by atoms with Crippen molar-refractivity contribution in [3.8, 4) is 0 Å². The maximum Gasteiger partial charge on any atom is 0.236 e. The molecule has 1 heterocycles. The van der Waals surface area contributed by atoms with Gasteiger partial charge in [0.05, 0.1) is 6.54 Å². The standard InChI is InChI=1S/C15H20N2O2/c1-16(11-13-5-3-2-4-6-13)15(19)12-17-9-7-14(18)8-10-17/h2-6H,7-12H2,1H3. The quantitative estimate of drug-likeness (QED) is 0.819. The van der Waals surface area contributed by atoms with Crippen LogP contribution in [0, 0.1) is 0 Å². The summed E-state index contributed by atoms with van der Waals surface area (Å²) in [6.45, 7) is 2.47. The summed E-state index contributed by atoms with van der Waals surface area (Å²) in [5.74, 6) is 0.416. The van der Waals surface area contributed by atoms with Crippen molar-refractivity contribution in [3.05, 3.63) is 35.9 Å². The summed E-state index contributed by atoms with van der Waals surface area (Å²) in [5, 5.41) is 0. The molecule has 1 aromatic rings. The van der Waals surface area contributed by atoms with Crippen molar-refractivity contribution in [2.75, 3.05) is 26.7 Å². The van der Waals surface area contributed by atoms with Crippen LogP contribution in [0.15, 0.2) is 30.3 Å². The fraction of sp³-hybridized carbons (Fsp3) is 0.467. The largest absolute Gasteiger partial charge is 0.340 e. The van der Waals surface area contributed by atoms with Crippen LogP contribution in [-0.4, -0.2) is 48.2 Å². The number of piperidine rings is 1. The van der Waals surface area contributed by atoms with E-state index in [1.165, 1.54) is 0 Å². The van der Waals surface area contributed by atoms with Gasteiger partial charge in [-0.15, -0.1) is 0 Å². The highest BCUT2D eigenvalue weighted by atomic mass is 16.2. The van der Waals surface area contributed by atoms with Crippen LogP contribution in [0.1, 0.15) is 18.4 Å². The summed E-state index contributed by atoms with van der Waals surface area (Å²) in [4.78, 5) is 27.0. The molecule has 0 radical (unpaired) electrons. The number of likely N-dealkylation sites (N-methyl/N-ethyl adjacent to an activating group) is 1. The van der Waals surface area contributed by atoms with Crippen LogP contribution < -0.4 is 0 Å². The van der Waals surface area contributed by atoms with Crippen molar-refractivity contribution < 1.29 is 9.59 Å². The average molecular weight is 260 g/mol. The van der Waals surface area contributed by atoms with Crippen LogP contribution in [0.4, 0.5) is 0 Å². The number of likely N-dealkylation sites (tertiary alicyclic amines) is 1. The van der Waals surface area contributed by atoms with E-state index >= 15 is 0 Å². The molecule has 4 nitrogen and oxygen atoms in total. The zero-order valence-electron chi connectivity index (χ0n) is 11.3. The summed E-state index contributed by atoms with van der Waals surface area (Å²) in [6, 6.07) is 9.95. The molecule has 0 atom stereocenters. The first kappa shape index (κ1) is 13.7. The molecule has 0 aliphatic carbocycles. The molecule has 2 rings (SSSR count). The van der Waals surface area contributed by atoms with Crippen LogP contribution in [0.2, 0.25) is 0 Å². The van der Waals surface area contributed by atoms with Gasteiger partial charge in [0.15, 0.2) is 0 Å². The minimum absolute atomic E-state index is 0.109. The Morgan fingerprint density at radius 2 is 1.84 bits per heavy atom. The van der Waals surface area contributed by atoms with E-state index in [2.05, 4.69) is 4.90 Å². The molecule has 0 aromatic heterocycles. The number of benzene rings is 1. The molecule has 0 spiro atoms. The van der Waals surface area contributed by atoms with Gasteiger partial charge in [-0.1, -0.05) is 30.3 Å². The Morgan fingerprint density at radius 1 is 1.21 bits per heavy atom. The normalized spacial score (nSPS) is 16.4. The monoisotopic (exact) mass is 260 g/mol. The van der Waals surface area contributed by atoms with Crippen LogP contribution >= 0.6 is 0 Å². The third kappa shape index (κ3) is 4.17. The lowest BCUT2D eigenvalue weighted by Crippen LogP contribution is -2.42. The van der Waals surface area contributed by atoms with Gasteiger partial charge in [0.25, 0.3) is 0 Å². The molecular weight excluding hydrogens is 240 g/mol. The molecule has 19 heavy (non-hydrogen) atoms. The van der Waals surface area contributed by atoms with E-state index in [1.54, 1.807) is 4.90 Å². The number of hydrogen-bond donors (Lipinski definition) is 0. The van der Waals surface area contributed by atoms with Crippen molar-refractivity contribution in [1.29, 1.82) is 0 Å². The Morgan fingerprint density at radius 3 is 2.47 bits per heavy atom. The van der Waals surface area contributed by atoms with E-state index in [0.717, 1.165) is 5.56 Å². The fourth-order valence-electron chi connectivity index (χ4n) is 2.22. The van der Waals surface area contributed by atoms with Gasteiger partial charge in [-0.25, -0.2) is 0 Å². The molecule has 1 aromatic carbocycles. The second-order valence-electron chi connectivity index (χ2n) is 5.05. The molecule has 1 amide bonds. The molecule has 1 aliphatic heterocycles. The summed E-state index contributed by atoms with van der Waals surface area (Å²) in [6.07, 6.45) is 1.16. The van der Waals surface area contributed by atoms with Gasteiger partial charge >= 0.3 is 0 Å². The molecule has 0 saturated carbocycles. The van der Waals surface area contributed by atoms with Gasteiger partial charge in [-0.05, 0) is 5.56 Å². The van der Waals surface area contributed by atoms with E-state index in [4.69, 9.17) is 0 Å². The minimum atomic E-state index is 0.109. The maximum atomic E-state index is 12.1. The lowest BCUT2D eigenvalue weighted by molar-refractivity contribution is -0.133. The molecule has 0 unspecified atom stereocenters. The van der Waals surface area contributed by atoms with Gasteiger partial charge in [0.2, 0.25) is 5.91 Å². The summed E-state index contributed by atoms with van der Waals surface area (Å²) in [7, 11) is 1.82. The number of carbonyl (C=O) groups is 2. The Bertz CT molecular complexity index is 435. The van der Waals surface area contributed by atoms with E-state index in [0.29, 0.717) is 44.8 Å². The number of nitrogens with zero attached hydrogens (tertiary/aromatic N) is 2.